The Morgan fingerprint density at radius 1 is 1.03 bits per heavy atom. The van der Waals surface area contributed by atoms with Gasteiger partial charge in [0.2, 0.25) is 5.75 Å². The Kier molecular flexibility index (Phi) is 7.23. The molecule has 0 saturated carbocycles. The number of ketones is 1. The fourth-order valence-corrected chi connectivity index (χ4v) is 4.32. The van der Waals surface area contributed by atoms with Gasteiger partial charge >= 0.3 is 0 Å². The first-order valence-corrected chi connectivity index (χ1v) is 11.2. The normalized spacial score (nSPS) is 16.9. The van der Waals surface area contributed by atoms with Gasteiger partial charge in [0.25, 0.3) is 11.7 Å². The molecule has 0 aliphatic carbocycles. The third kappa shape index (κ3) is 4.61. The minimum atomic E-state index is -0.938. The van der Waals surface area contributed by atoms with Crippen LogP contribution in [0.25, 0.3) is 5.76 Å². The molecule has 188 valence electrons. The summed E-state index contributed by atoms with van der Waals surface area (Å²) in [5.74, 6) is -1.47. The molecule has 1 fully saturated rings. The van der Waals surface area contributed by atoms with Crippen molar-refractivity contribution in [3.8, 4) is 17.2 Å². The number of aliphatic hydroxyl groups excluding tert-OH is 1. The predicted octanol–water partition coefficient (Wildman–Crippen LogP) is 3.56. The number of carbonyl (C=O) groups is 2. The average Bonchev–Trinajstić information content (AvgIpc) is 3.50. The number of rotatable bonds is 9. The molecule has 1 saturated heterocycles. The van der Waals surface area contributed by atoms with E-state index in [4.69, 9.17) is 14.2 Å². The lowest BCUT2D eigenvalue weighted by Gasteiger charge is -2.26. The van der Waals surface area contributed by atoms with Crippen molar-refractivity contribution in [3.05, 3.63) is 77.6 Å². The Bertz CT molecular complexity index is 1260. The Balaban J connectivity index is 1.83. The number of hydrogen-bond donors (Lipinski definition) is 1. The van der Waals surface area contributed by atoms with Crippen LogP contribution in [0.4, 0.5) is 4.39 Å². The molecule has 36 heavy (non-hydrogen) atoms. The van der Waals surface area contributed by atoms with E-state index in [0.717, 1.165) is 0 Å². The molecule has 3 aromatic rings. The highest BCUT2D eigenvalue weighted by atomic mass is 19.1. The van der Waals surface area contributed by atoms with E-state index < -0.39 is 29.3 Å². The lowest BCUT2D eigenvalue weighted by molar-refractivity contribution is -0.139. The van der Waals surface area contributed by atoms with Crippen molar-refractivity contribution in [2.24, 2.45) is 0 Å². The zero-order valence-electron chi connectivity index (χ0n) is 20.1. The minimum Gasteiger partial charge on any atom is -0.507 e. The molecule has 1 N–H and O–H groups in total. The summed E-state index contributed by atoms with van der Waals surface area (Å²) < 4.78 is 31.7. The monoisotopic (exact) mass is 495 g/mol. The van der Waals surface area contributed by atoms with Crippen LogP contribution in [0.15, 0.2) is 60.7 Å². The summed E-state index contributed by atoms with van der Waals surface area (Å²) >= 11 is 0. The lowest BCUT2D eigenvalue weighted by Crippen LogP contribution is -2.31. The molecule has 4 rings (SSSR count). The first kappa shape index (κ1) is 24.8. The van der Waals surface area contributed by atoms with Gasteiger partial charge in [-0.1, -0.05) is 0 Å². The van der Waals surface area contributed by atoms with Gasteiger partial charge in [0.05, 0.1) is 39.3 Å². The average molecular weight is 496 g/mol. The van der Waals surface area contributed by atoms with E-state index in [0.29, 0.717) is 35.8 Å². The van der Waals surface area contributed by atoms with Gasteiger partial charge in [0, 0.05) is 31.0 Å². The third-order valence-electron chi connectivity index (χ3n) is 6.03. The van der Waals surface area contributed by atoms with Gasteiger partial charge < -0.3 is 28.8 Å². The van der Waals surface area contributed by atoms with Gasteiger partial charge in [-0.05, 0) is 48.4 Å². The fraction of sp³-hybridized carbons (Fsp3) is 0.269. The van der Waals surface area contributed by atoms with E-state index in [1.54, 1.807) is 30.9 Å². The zero-order valence-corrected chi connectivity index (χ0v) is 20.1. The van der Waals surface area contributed by atoms with Gasteiger partial charge in [0.1, 0.15) is 11.6 Å². The molecule has 1 aromatic heterocycles. The number of carbonyl (C=O) groups excluding carboxylic acids is 2. The summed E-state index contributed by atoms with van der Waals surface area (Å²) in [6.45, 7) is 0.799. The standard InChI is InChI=1S/C26H26FN3O6/c1-34-19-13-17(14-20(35-2)25(19)36-3)22-21(23(31)16-5-7-18(27)8-6-16)24(32)26(33)30(22)11-4-10-29-12-9-28-15-29/h5-9,12-15,22,31H,4,10-11H2,1-3H3/b23-21+. The maximum atomic E-state index is 13.5. The Labute approximate surface area is 207 Å². The van der Waals surface area contributed by atoms with E-state index in [1.165, 1.54) is 50.5 Å². The first-order chi connectivity index (χ1) is 17.4. The van der Waals surface area contributed by atoms with Crippen LogP contribution in [-0.4, -0.2) is 59.1 Å². The van der Waals surface area contributed by atoms with Gasteiger partial charge in [-0.3, -0.25) is 9.59 Å². The molecule has 1 atom stereocenters. The number of nitrogens with zero attached hydrogens (tertiary/aromatic N) is 3. The zero-order chi connectivity index (χ0) is 25.8. The van der Waals surface area contributed by atoms with Crippen LogP contribution < -0.4 is 14.2 Å². The number of aryl methyl sites for hydroxylation is 1. The highest BCUT2D eigenvalue weighted by molar-refractivity contribution is 6.46. The molecule has 1 aliphatic rings. The minimum absolute atomic E-state index is 0.108. The second kappa shape index (κ2) is 10.5. The maximum Gasteiger partial charge on any atom is 0.295 e. The molecule has 1 unspecified atom stereocenters. The fourth-order valence-electron chi connectivity index (χ4n) is 4.32. The molecule has 9 nitrogen and oxygen atoms in total. The van der Waals surface area contributed by atoms with Crippen molar-refractivity contribution >= 4 is 17.4 Å². The number of amides is 1. The Hall–Kier alpha value is -4.34. The van der Waals surface area contributed by atoms with Gasteiger partial charge in [-0.15, -0.1) is 0 Å². The number of aliphatic hydroxyl groups is 1. The van der Waals surface area contributed by atoms with E-state index >= 15 is 0 Å². The second-order valence-corrected chi connectivity index (χ2v) is 8.11. The number of Topliss-reactive ketones (excluding diaryl/α,β-unsaturated/α-hetero) is 1. The second-order valence-electron chi connectivity index (χ2n) is 8.11. The number of likely N-dealkylation sites (tertiary alicyclic amines) is 1. The molecule has 1 amide bonds. The maximum absolute atomic E-state index is 13.5. The van der Waals surface area contributed by atoms with Crippen LogP contribution in [0.1, 0.15) is 23.6 Å². The molecular formula is C26H26FN3O6. The molecule has 10 heteroatoms. The van der Waals surface area contributed by atoms with Gasteiger partial charge in [0.15, 0.2) is 11.5 Å². The van der Waals surface area contributed by atoms with Crippen LogP contribution in [0.3, 0.4) is 0 Å². The van der Waals surface area contributed by atoms with Gasteiger partial charge in [-0.25, -0.2) is 9.37 Å². The number of halogens is 1. The smallest absolute Gasteiger partial charge is 0.295 e. The number of hydrogen-bond acceptors (Lipinski definition) is 7. The molecule has 0 bridgehead atoms. The molecule has 0 spiro atoms. The van der Waals surface area contributed by atoms with E-state index in [1.807, 2.05) is 4.57 Å². The number of aromatic nitrogens is 2. The number of methoxy groups -OCH3 is 3. The number of imidazole rings is 1. The van der Waals surface area contributed by atoms with Crippen molar-refractivity contribution < 1.29 is 33.3 Å². The molecule has 2 heterocycles. The first-order valence-electron chi connectivity index (χ1n) is 11.2. The van der Waals surface area contributed by atoms with Crippen molar-refractivity contribution in [1.29, 1.82) is 0 Å². The van der Waals surface area contributed by atoms with Gasteiger partial charge in [-0.2, -0.15) is 0 Å². The van der Waals surface area contributed by atoms with Crippen molar-refractivity contribution in [2.45, 2.75) is 19.0 Å². The molecule has 1 aliphatic heterocycles. The summed E-state index contributed by atoms with van der Waals surface area (Å²) in [7, 11) is 4.39. The Morgan fingerprint density at radius 2 is 1.69 bits per heavy atom. The third-order valence-corrected chi connectivity index (χ3v) is 6.03. The summed E-state index contributed by atoms with van der Waals surface area (Å²) in [5, 5.41) is 11.1. The summed E-state index contributed by atoms with van der Waals surface area (Å²) in [4.78, 5) is 31.8. The van der Waals surface area contributed by atoms with Crippen LogP contribution >= 0.6 is 0 Å². The van der Waals surface area contributed by atoms with Crippen molar-refractivity contribution in [3.63, 3.8) is 0 Å². The largest absolute Gasteiger partial charge is 0.507 e. The number of ether oxygens (including phenoxy) is 3. The van der Waals surface area contributed by atoms with Crippen LogP contribution in [-0.2, 0) is 16.1 Å². The van der Waals surface area contributed by atoms with Crippen molar-refractivity contribution in [1.82, 2.24) is 14.5 Å². The topological polar surface area (TPSA) is 103 Å². The summed E-state index contributed by atoms with van der Waals surface area (Å²) in [6.07, 6.45) is 5.66. The van der Waals surface area contributed by atoms with Crippen LogP contribution in [0, 0.1) is 5.82 Å². The van der Waals surface area contributed by atoms with Crippen LogP contribution in [0.5, 0.6) is 17.2 Å². The van der Waals surface area contributed by atoms with E-state index in [2.05, 4.69) is 4.98 Å². The summed E-state index contributed by atoms with van der Waals surface area (Å²) in [6, 6.07) is 7.38. The van der Waals surface area contributed by atoms with Crippen molar-refractivity contribution in [2.75, 3.05) is 27.9 Å². The highest BCUT2D eigenvalue weighted by Gasteiger charge is 2.46. The summed E-state index contributed by atoms with van der Waals surface area (Å²) in [5.41, 5.74) is 0.587. The van der Waals surface area contributed by atoms with Crippen LogP contribution in [0.2, 0.25) is 0 Å². The molecule has 0 radical (unpaired) electrons. The van der Waals surface area contributed by atoms with E-state index in [9.17, 15) is 19.1 Å². The highest BCUT2D eigenvalue weighted by Crippen LogP contribution is 2.45. The molecular weight excluding hydrogens is 469 g/mol. The predicted molar refractivity (Wildman–Crippen MR) is 128 cm³/mol. The van der Waals surface area contributed by atoms with E-state index in [-0.39, 0.29) is 17.7 Å². The SMILES string of the molecule is COc1cc(C2/C(=C(\O)c3ccc(F)cc3)C(=O)C(=O)N2CCCn2ccnc2)cc(OC)c1OC. The molecule has 2 aromatic carbocycles. The lowest BCUT2D eigenvalue weighted by atomic mass is 9.94. The quantitative estimate of drug-likeness (QED) is 0.275. The Morgan fingerprint density at radius 3 is 2.25 bits per heavy atom. The number of benzene rings is 2.